The molecule has 0 aliphatic carbocycles. The van der Waals surface area contributed by atoms with Gasteiger partial charge in [-0.25, -0.2) is 0 Å². The fourth-order valence-electron chi connectivity index (χ4n) is 0.955. The molecule has 0 fully saturated rings. The van der Waals surface area contributed by atoms with Gasteiger partial charge in [-0.1, -0.05) is 36.3 Å². The van der Waals surface area contributed by atoms with E-state index < -0.39 is 0 Å². The summed E-state index contributed by atoms with van der Waals surface area (Å²) in [6.45, 7) is 2.27. The number of carbonyl (C=O) groups excluding carboxylic acids is 1. The van der Waals surface area contributed by atoms with Crippen LogP contribution in [0.15, 0.2) is 30.3 Å². The second kappa shape index (κ2) is 5.95. The highest BCUT2D eigenvalue weighted by Gasteiger charge is 1.88. The highest BCUT2D eigenvalue weighted by molar-refractivity contribution is 5.93. The maximum absolute atomic E-state index is 10.4. The second-order valence-corrected chi connectivity index (χ2v) is 2.84. The zero-order valence-corrected chi connectivity index (χ0v) is 8.12. The molecule has 0 N–H and O–H groups in total. The summed E-state index contributed by atoms with van der Waals surface area (Å²) in [6, 6.07) is 9.84. The third-order valence-corrected chi connectivity index (χ3v) is 1.55. The first-order chi connectivity index (χ1) is 6.79. The van der Waals surface area contributed by atoms with Crippen molar-refractivity contribution in [1.29, 1.82) is 0 Å². The van der Waals surface area contributed by atoms with E-state index in [1.807, 2.05) is 30.3 Å². The zero-order chi connectivity index (χ0) is 10.2. The van der Waals surface area contributed by atoms with Crippen molar-refractivity contribution < 1.29 is 9.53 Å². The molecule has 1 rings (SSSR count). The van der Waals surface area contributed by atoms with Gasteiger partial charge in [0.25, 0.3) is 0 Å². The molecule has 2 heteroatoms. The third kappa shape index (κ3) is 4.44. The van der Waals surface area contributed by atoms with Crippen LogP contribution in [-0.4, -0.2) is 12.4 Å². The van der Waals surface area contributed by atoms with Gasteiger partial charge in [0, 0.05) is 6.92 Å². The van der Waals surface area contributed by atoms with Crippen LogP contribution in [0.4, 0.5) is 0 Å². The lowest BCUT2D eigenvalue weighted by molar-refractivity contribution is -0.111. The van der Waals surface area contributed by atoms with Crippen molar-refractivity contribution in [2.24, 2.45) is 0 Å². The standard InChI is InChI=1S/C12H12O2/c1-11(13)6-5-9-14-10-12-7-3-2-4-8-12/h2-4,7-8H,9-10H2,1H3. The Morgan fingerprint density at radius 2 is 2.07 bits per heavy atom. The maximum atomic E-state index is 10.4. The Kier molecular flexibility index (Phi) is 4.46. The topological polar surface area (TPSA) is 26.3 Å². The van der Waals surface area contributed by atoms with E-state index in [1.54, 1.807) is 0 Å². The van der Waals surface area contributed by atoms with Crippen LogP contribution in [0, 0.1) is 11.8 Å². The lowest BCUT2D eigenvalue weighted by atomic mass is 10.2. The number of ether oxygens (including phenoxy) is 1. The molecule has 0 aliphatic rings. The lowest BCUT2D eigenvalue weighted by Crippen LogP contribution is -1.93. The Hall–Kier alpha value is -1.59. The molecule has 0 aliphatic heterocycles. The summed E-state index contributed by atoms with van der Waals surface area (Å²) in [5.41, 5.74) is 1.11. The van der Waals surface area contributed by atoms with Gasteiger partial charge in [0.15, 0.2) is 0 Å². The summed E-state index contributed by atoms with van der Waals surface area (Å²) in [7, 11) is 0. The molecule has 0 spiro atoms. The number of hydrogen-bond donors (Lipinski definition) is 0. The SMILES string of the molecule is CC(=O)C#CCOCc1ccccc1. The van der Waals surface area contributed by atoms with Gasteiger partial charge in [-0.05, 0) is 11.5 Å². The van der Waals surface area contributed by atoms with E-state index in [9.17, 15) is 4.79 Å². The van der Waals surface area contributed by atoms with E-state index >= 15 is 0 Å². The van der Waals surface area contributed by atoms with Gasteiger partial charge in [-0.2, -0.15) is 0 Å². The smallest absolute Gasteiger partial charge is 0.202 e. The number of ketones is 1. The van der Waals surface area contributed by atoms with Crippen LogP contribution in [-0.2, 0) is 16.1 Å². The molecule has 72 valence electrons. The van der Waals surface area contributed by atoms with E-state index in [2.05, 4.69) is 11.8 Å². The Morgan fingerprint density at radius 3 is 2.71 bits per heavy atom. The van der Waals surface area contributed by atoms with E-state index in [-0.39, 0.29) is 5.78 Å². The summed E-state index contributed by atoms with van der Waals surface area (Å²) in [5, 5.41) is 0. The first kappa shape index (κ1) is 10.5. The van der Waals surface area contributed by atoms with Crippen LogP contribution in [0.1, 0.15) is 12.5 Å². The van der Waals surface area contributed by atoms with Crippen LogP contribution < -0.4 is 0 Å². The molecule has 0 bridgehead atoms. The maximum Gasteiger partial charge on any atom is 0.202 e. The molecule has 0 unspecified atom stereocenters. The molecule has 0 saturated heterocycles. The first-order valence-corrected chi connectivity index (χ1v) is 4.40. The lowest BCUT2D eigenvalue weighted by Gasteiger charge is -1.98. The average molecular weight is 188 g/mol. The van der Waals surface area contributed by atoms with Crippen molar-refractivity contribution >= 4 is 5.78 Å². The monoisotopic (exact) mass is 188 g/mol. The van der Waals surface area contributed by atoms with E-state index in [1.165, 1.54) is 6.92 Å². The van der Waals surface area contributed by atoms with Crippen LogP contribution in [0.5, 0.6) is 0 Å². The van der Waals surface area contributed by atoms with Crippen molar-refractivity contribution in [3.05, 3.63) is 35.9 Å². The number of Topliss-reactive ketones (excluding diaryl/α,β-unsaturated/α-hetero) is 1. The predicted octanol–water partition coefficient (Wildman–Crippen LogP) is 1.80. The third-order valence-electron chi connectivity index (χ3n) is 1.55. The van der Waals surface area contributed by atoms with Crippen LogP contribution in [0.25, 0.3) is 0 Å². The fourth-order valence-corrected chi connectivity index (χ4v) is 0.955. The van der Waals surface area contributed by atoms with Crippen molar-refractivity contribution in [2.75, 3.05) is 6.61 Å². The molecule has 0 aromatic heterocycles. The van der Waals surface area contributed by atoms with Crippen LogP contribution in [0.3, 0.4) is 0 Å². The van der Waals surface area contributed by atoms with E-state index in [0.717, 1.165) is 5.56 Å². The Labute approximate surface area is 83.9 Å². The zero-order valence-electron chi connectivity index (χ0n) is 8.12. The highest BCUT2D eigenvalue weighted by Crippen LogP contribution is 1.99. The van der Waals surface area contributed by atoms with Crippen molar-refractivity contribution in [3.8, 4) is 11.8 Å². The average Bonchev–Trinajstić information content (AvgIpc) is 2.18. The van der Waals surface area contributed by atoms with Gasteiger partial charge in [-0.3, -0.25) is 4.79 Å². The van der Waals surface area contributed by atoms with Crippen molar-refractivity contribution in [2.45, 2.75) is 13.5 Å². The molecule has 0 heterocycles. The Bertz CT molecular complexity index is 344. The van der Waals surface area contributed by atoms with Gasteiger partial charge >= 0.3 is 0 Å². The minimum atomic E-state index is -0.131. The van der Waals surface area contributed by atoms with Crippen LogP contribution >= 0.6 is 0 Å². The van der Waals surface area contributed by atoms with Gasteiger partial charge < -0.3 is 4.74 Å². The summed E-state index contributed by atoms with van der Waals surface area (Å²) in [6.07, 6.45) is 0. The normalized spacial score (nSPS) is 8.93. The predicted molar refractivity (Wildman–Crippen MR) is 54.6 cm³/mol. The summed E-state index contributed by atoms with van der Waals surface area (Å²) >= 11 is 0. The van der Waals surface area contributed by atoms with E-state index in [4.69, 9.17) is 4.74 Å². The van der Waals surface area contributed by atoms with Gasteiger partial charge in [0.1, 0.15) is 6.61 Å². The molecular formula is C12H12O2. The fraction of sp³-hybridized carbons (Fsp3) is 0.250. The highest BCUT2D eigenvalue weighted by atomic mass is 16.5. The molecule has 14 heavy (non-hydrogen) atoms. The largest absolute Gasteiger partial charge is 0.364 e. The van der Waals surface area contributed by atoms with Gasteiger partial charge in [0.2, 0.25) is 5.78 Å². The molecule has 1 aromatic rings. The minimum absolute atomic E-state index is 0.131. The van der Waals surface area contributed by atoms with Crippen LogP contribution in [0.2, 0.25) is 0 Å². The van der Waals surface area contributed by atoms with E-state index in [0.29, 0.717) is 13.2 Å². The molecule has 0 saturated carbocycles. The van der Waals surface area contributed by atoms with Gasteiger partial charge in [-0.15, -0.1) is 0 Å². The quantitative estimate of drug-likeness (QED) is 0.410. The van der Waals surface area contributed by atoms with Gasteiger partial charge in [0.05, 0.1) is 6.61 Å². The summed E-state index contributed by atoms with van der Waals surface area (Å²) in [5.74, 6) is 4.92. The Morgan fingerprint density at radius 1 is 1.36 bits per heavy atom. The summed E-state index contributed by atoms with van der Waals surface area (Å²) < 4.78 is 5.24. The number of benzene rings is 1. The number of carbonyl (C=O) groups is 1. The number of hydrogen-bond acceptors (Lipinski definition) is 2. The summed E-state index contributed by atoms with van der Waals surface area (Å²) in [4.78, 5) is 10.4. The van der Waals surface area contributed by atoms with Crippen molar-refractivity contribution in [3.63, 3.8) is 0 Å². The minimum Gasteiger partial charge on any atom is -0.364 e. The molecule has 0 amide bonds. The molecule has 1 aromatic carbocycles. The molecule has 0 atom stereocenters. The van der Waals surface area contributed by atoms with Crippen molar-refractivity contribution in [1.82, 2.24) is 0 Å². The molecule has 2 nitrogen and oxygen atoms in total. The molecular weight excluding hydrogens is 176 g/mol. The first-order valence-electron chi connectivity index (χ1n) is 4.40. The number of rotatable bonds is 3. The second-order valence-electron chi connectivity index (χ2n) is 2.84. The molecule has 0 radical (unpaired) electrons. The Balaban J connectivity index is 2.24.